The predicted octanol–water partition coefficient (Wildman–Crippen LogP) is 3.36. The van der Waals surface area contributed by atoms with Crippen LogP contribution in [0.1, 0.15) is 19.4 Å². The van der Waals surface area contributed by atoms with E-state index < -0.39 is 0 Å². The lowest BCUT2D eigenvalue weighted by molar-refractivity contribution is 0.298. The molecule has 0 atom stereocenters. The Bertz CT molecular complexity index is 540. The van der Waals surface area contributed by atoms with Crippen molar-refractivity contribution in [3.63, 3.8) is 0 Å². The predicted molar refractivity (Wildman–Crippen MR) is 85.7 cm³/mol. The van der Waals surface area contributed by atoms with E-state index in [-0.39, 0.29) is 0 Å². The standard InChI is InChI=1S/C16H22ClN3O/c1-13(2)10-19-11-14-3-4-16(15(17)9-14)21-8-7-20-6-5-18-12-20/h3-6,9,12-13,19H,7-8,10-11H2,1-2H3. The highest BCUT2D eigenvalue weighted by Crippen LogP contribution is 2.25. The zero-order valence-electron chi connectivity index (χ0n) is 12.6. The summed E-state index contributed by atoms with van der Waals surface area (Å²) >= 11 is 6.26. The van der Waals surface area contributed by atoms with Gasteiger partial charge in [-0.2, -0.15) is 0 Å². The van der Waals surface area contributed by atoms with Gasteiger partial charge in [-0.15, -0.1) is 0 Å². The first kappa shape index (κ1) is 15.9. The molecule has 1 aromatic heterocycles. The third-order valence-corrected chi connectivity index (χ3v) is 3.34. The zero-order chi connectivity index (χ0) is 15.1. The normalized spacial score (nSPS) is 11.0. The maximum Gasteiger partial charge on any atom is 0.137 e. The van der Waals surface area contributed by atoms with Gasteiger partial charge in [-0.1, -0.05) is 31.5 Å². The monoisotopic (exact) mass is 307 g/mol. The summed E-state index contributed by atoms with van der Waals surface area (Å²) < 4.78 is 7.68. The summed E-state index contributed by atoms with van der Waals surface area (Å²) in [5.41, 5.74) is 1.17. The lowest BCUT2D eigenvalue weighted by atomic mass is 10.2. The molecule has 1 N–H and O–H groups in total. The third kappa shape index (κ3) is 5.40. The van der Waals surface area contributed by atoms with Crippen molar-refractivity contribution in [2.75, 3.05) is 13.2 Å². The van der Waals surface area contributed by atoms with Gasteiger partial charge >= 0.3 is 0 Å². The van der Waals surface area contributed by atoms with Gasteiger partial charge in [0.25, 0.3) is 0 Å². The highest BCUT2D eigenvalue weighted by atomic mass is 35.5. The average molecular weight is 308 g/mol. The molecule has 0 saturated heterocycles. The van der Waals surface area contributed by atoms with E-state index in [1.165, 1.54) is 5.56 Å². The minimum atomic E-state index is 0.570. The van der Waals surface area contributed by atoms with Crippen molar-refractivity contribution in [1.82, 2.24) is 14.9 Å². The molecular weight excluding hydrogens is 286 g/mol. The largest absolute Gasteiger partial charge is 0.490 e. The summed E-state index contributed by atoms with van der Waals surface area (Å²) in [5, 5.41) is 4.06. The number of benzene rings is 1. The summed E-state index contributed by atoms with van der Waals surface area (Å²) in [6, 6.07) is 5.94. The molecule has 0 bridgehead atoms. The van der Waals surface area contributed by atoms with Gasteiger partial charge in [-0.05, 0) is 30.2 Å². The second kappa shape index (κ2) is 8.05. The average Bonchev–Trinajstić information content (AvgIpc) is 2.94. The second-order valence-electron chi connectivity index (χ2n) is 5.44. The lowest BCUT2D eigenvalue weighted by Gasteiger charge is -2.11. The number of hydrogen-bond acceptors (Lipinski definition) is 3. The maximum atomic E-state index is 6.26. The Morgan fingerprint density at radius 1 is 1.38 bits per heavy atom. The molecule has 0 radical (unpaired) electrons. The maximum absolute atomic E-state index is 6.26. The smallest absolute Gasteiger partial charge is 0.137 e. The fraction of sp³-hybridized carbons (Fsp3) is 0.438. The Kier molecular flexibility index (Phi) is 6.08. The summed E-state index contributed by atoms with van der Waals surface area (Å²) in [6.45, 7) is 7.54. The minimum absolute atomic E-state index is 0.570. The fourth-order valence-electron chi connectivity index (χ4n) is 1.96. The van der Waals surface area contributed by atoms with Crippen molar-refractivity contribution in [3.8, 4) is 5.75 Å². The molecule has 4 nitrogen and oxygen atoms in total. The van der Waals surface area contributed by atoms with Crippen LogP contribution >= 0.6 is 11.6 Å². The van der Waals surface area contributed by atoms with Crippen LogP contribution in [-0.2, 0) is 13.1 Å². The van der Waals surface area contributed by atoms with Gasteiger partial charge in [-0.3, -0.25) is 0 Å². The third-order valence-electron chi connectivity index (χ3n) is 3.04. The van der Waals surface area contributed by atoms with Gasteiger partial charge in [0.1, 0.15) is 12.4 Å². The first-order chi connectivity index (χ1) is 10.1. The van der Waals surface area contributed by atoms with Crippen LogP contribution in [0.15, 0.2) is 36.9 Å². The van der Waals surface area contributed by atoms with E-state index >= 15 is 0 Å². The van der Waals surface area contributed by atoms with Crippen molar-refractivity contribution >= 4 is 11.6 Å². The number of aromatic nitrogens is 2. The topological polar surface area (TPSA) is 39.1 Å². The number of nitrogens with one attached hydrogen (secondary N) is 1. The van der Waals surface area contributed by atoms with E-state index in [0.717, 1.165) is 25.4 Å². The molecular formula is C16H22ClN3O. The second-order valence-corrected chi connectivity index (χ2v) is 5.85. The zero-order valence-corrected chi connectivity index (χ0v) is 13.3. The van der Waals surface area contributed by atoms with Crippen molar-refractivity contribution < 1.29 is 4.74 Å². The van der Waals surface area contributed by atoms with Gasteiger partial charge in [0.15, 0.2) is 0 Å². The van der Waals surface area contributed by atoms with Crippen LogP contribution in [0.25, 0.3) is 0 Å². The molecule has 0 unspecified atom stereocenters. The number of imidazole rings is 1. The molecule has 1 heterocycles. The van der Waals surface area contributed by atoms with E-state index in [9.17, 15) is 0 Å². The summed E-state index contributed by atoms with van der Waals surface area (Å²) in [4.78, 5) is 3.99. The van der Waals surface area contributed by atoms with Gasteiger partial charge in [0.2, 0.25) is 0 Å². The molecule has 1 aromatic carbocycles. The quantitative estimate of drug-likeness (QED) is 0.813. The Morgan fingerprint density at radius 3 is 2.90 bits per heavy atom. The molecule has 0 fully saturated rings. The Morgan fingerprint density at radius 2 is 2.24 bits per heavy atom. The van der Waals surface area contributed by atoms with E-state index in [2.05, 4.69) is 24.1 Å². The van der Waals surface area contributed by atoms with Crippen LogP contribution in [0, 0.1) is 5.92 Å². The van der Waals surface area contributed by atoms with Crippen molar-refractivity contribution in [2.24, 2.45) is 5.92 Å². The number of halogens is 1. The Balaban J connectivity index is 1.81. The fourth-order valence-corrected chi connectivity index (χ4v) is 2.21. The highest BCUT2D eigenvalue weighted by Gasteiger charge is 2.04. The lowest BCUT2D eigenvalue weighted by Crippen LogP contribution is -2.18. The molecule has 114 valence electrons. The molecule has 2 aromatic rings. The van der Waals surface area contributed by atoms with Gasteiger partial charge in [0, 0.05) is 18.9 Å². The van der Waals surface area contributed by atoms with Gasteiger partial charge in [-0.25, -0.2) is 4.98 Å². The van der Waals surface area contributed by atoms with Crippen LogP contribution in [0.5, 0.6) is 5.75 Å². The summed E-state index contributed by atoms with van der Waals surface area (Å²) in [6.07, 6.45) is 5.44. The van der Waals surface area contributed by atoms with Crippen LogP contribution in [0.3, 0.4) is 0 Å². The number of ether oxygens (including phenoxy) is 1. The molecule has 0 aliphatic carbocycles. The molecule has 21 heavy (non-hydrogen) atoms. The van der Waals surface area contributed by atoms with Crippen LogP contribution in [0.4, 0.5) is 0 Å². The Hall–Kier alpha value is -1.52. The SMILES string of the molecule is CC(C)CNCc1ccc(OCCn2ccnc2)c(Cl)c1. The number of hydrogen-bond donors (Lipinski definition) is 1. The highest BCUT2D eigenvalue weighted by molar-refractivity contribution is 6.32. The van der Waals surface area contributed by atoms with Crippen LogP contribution in [0.2, 0.25) is 5.02 Å². The molecule has 0 aliphatic heterocycles. The minimum Gasteiger partial charge on any atom is -0.490 e. The van der Waals surface area contributed by atoms with Crippen LogP contribution < -0.4 is 10.1 Å². The van der Waals surface area contributed by atoms with Crippen molar-refractivity contribution in [3.05, 3.63) is 47.5 Å². The Labute approximate surface area is 131 Å². The first-order valence-corrected chi connectivity index (χ1v) is 7.60. The van der Waals surface area contributed by atoms with E-state index in [1.807, 2.05) is 29.0 Å². The summed E-state index contributed by atoms with van der Waals surface area (Å²) in [5.74, 6) is 1.37. The molecule has 0 amide bonds. The molecule has 2 rings (SSSR count). The number of rotatable bonds is 8. The van der Waals surface area contributed by atoms with Gasteiger partial charge < -0.3 is 14.6 Å². The van der Waals surface area contributed by atoms with E-state index in [0.29, 0.717) is 17.5 Å². The van der Waals surface area contributed by atoms with Crippen LogP contribution in [-0.4, -0.2) is 22.7 Å². The van der Waals surface area contributed by atoms with E-state index in [4.69, 9.17) is 16.3 Å². The molecule has 0 spiro atoms. The first-order valence-electron chi connectivity index (χ1n) is 7.23. The van der Waals surface area contributed by atoms with Crippen molar-refractivity contribution in [2.45, 2.75) is 26.9 Å². The molecule has 5 heteroatoms. The van der Waals surface area contributed by atoms with E-state index in [1.54, 1.807) is 12.5 Å². The number of nitrogens with zero attached hydrogens (tertiary/aromatic N) is 2. The van der Waals surface area contributed by atoms with Gasteiger partial charge in [0.05, 0.1) is 17.9 Å². The molecule has 0 aliphatic rings. The summed E-state index contributed by atoms with van der Waals surface area (Å²) in [7, 11) is 0. The van der Waals surface area contributed by atoms with Crippen molar-refractivity contribution in [1.29, 1.82) is 0 Å². The molecule has 0 saturated carbocycles.